The Morgan fingerprint density at radius 1 is 1.26 bits per heavy atom. The fourth-order valence-corrected chi connectivity index (χ4v) is 5.38. The van der Waals surface area contributed by atoms with Crippen LogP contribution in [-0.2, 0) is 0 Å². The summed E-state index contributed by atoms with van der Waals surface area (Å²) in [5.41, 5.74) is 7.26. The number of aliphatic hydroxyl groups excluding tert-OH is 1. The topological polar surface area (TPSA) is 46.2 Å². The van der Waals surface area contributed by atoms with Crippen LogP contribution in [0.3, 0.4) is 0 Å². The molecule has 130 valence electrons. The highest BCUT2D eigenvalue weighted by molar-refractivity contribution is 5.20. The van der Waals surface area contributed by atoms with Crippen molar-refractivity contribution in [3.05, 3.63) is 36.3 Å². The van der Waals surface area contributed by atoms with Gasteiger partial charge in [-0.1, -0.05) is 39.0 Å². The Hall–Kier alpha value is -1.18. The van der Waals surface area contributed by atoms with E-state index in [9.17, 15) is 5.11 Å². The zero-order chi connectivity index (χ0) is 17.0. The van der Waals surface area contributed by atoms with Crippen molar-refractivity contribution in [3.63, 3.8) is 0 Å². The third kappa shape index (κ3) is 3.51. The van der Waals surface area contributed by atoms with Crippen molar-refractivity contribution >= 4 is 0 Å². The molecular weight excluding hydrogens is 282 g/mol. The van der Waals surface area contributed by atoms with E-state index in [2.05, 4.69) is 19.6 Å². The monoisotopic (exact) mass is 317 g/mol. The summed E-state index contributed by atoms with van der Waals surface area (Å²) in [5, 5.41) is 9.45. The molecule has 3 aliphatic carbocycles. The normalized spacial score (nSPS) is 40.3. The van der Waals surface area contributed by atoms with E-state index in [-0.39, 0.29) is 5.76 Å². The van der Waals surface area contributed by atoms with E-state index in [1.54, 1.807) is 6.08 Å². The van der Waals surface area contributed by atoms with E-state index in [1.165, 1.54) is 56.7 Å². The number of rotatable bonds is 2. The minimum atomic E-state index is 0.181. The van der Waals surface area contributed by atoms with E-state index in [0.717, 1.165) is 17.8 Å². The molecular formula is C21H35NO. The second kappa shape index (κ2) is 7.59. The van der Waals surface area contributed by atoms with E-state index in [4.69, 9.17) is 5.73 Å². The summed E-state index contributed by atoms with van der Waals surface area (Å²) < 4.78 is 0. The maximum Gasteiger partial charge on any atom is 0.130 e. The van der Waals surface area contributed by atoms with Crippen molar-refractivity contribution in [2.75, 3.05) is 0 Å². The summed E-state index contributed by atoms with van der Waals surface area (Å²) in [6.45, 7) is 10.8. The van der Waals surface area contributed by atoms with Crippen LogP contribution in [0.2, 0.25) is 0 Å². The highest BCUT2D eigenvalue weighted by atomic mass is 16.3. The second-order valence-corrected chi connectivity index (χ2v) is 7.65. The Morgan fingerprint density at radius 3 is 2.70 bits per heavy atom. The number of hydrogen-bond donors (Lipinski definition) is 2. The summed E-state index contributed by atoms with van der Waals surface area (Å²) in [6.07, 6.45) is 14.4. The molecule has 0 aromatic rings. The van der Waals surface area contributed by atoms with Gasteiger partial charge in [-0.2, -0.15) is 0 Å². The predicted molar refractivity (Wildman–Crippen MR) is 98.9 cm³/mol. The van der Waals surface area contributed by atoms with Crippen molar-refractivity contribution in [2.24, 2.45) is 34.8 Å². The molecule has 0 saturated heterocycles. The SMILES string of the molecule is C=C1CCC2C3CCC(C=C/C(O)=C\N)CC3CCC12C.CC. The molecule has 3 rings (SSSR count). The van der Waals surface area contributed by atoms with Gasteiger partial charge in [0.15, 0.2) is 0 Å². The molecule has 0 aromatic carbocycles. The Morgan fingerprint density at radius 2 is 2.00 bits per heavy atom. The maximum absolute atomic E-state index is 9.45. The van der Waals surface area contributed by atoms with Crippen molar-refractivity contribution < 1.29 is 5.11 Å². The van der Waals surface area contributed by atoms with Crippen molar-refractivity contribution in [3.8, 4) is 0 Å². The summed E-state index contributed by atoms with van der Waals surface area (Å²) in [5.74, 6) is 3.46. The fourth-order valence-electron chi connectivity index (χ4n) is 5.38. The van der Waals surface area contributed by atoms with Crippen molar-refractivity contribution in [2.45, 2.75) is 65.7 Å². The Balaban J connectivity index is 0.000000924. The van der Waals surface area contributed by atoms with Gasteiger partial charge in [0.1, 0.15) is 5.76 Å². The lowest BCUT2D eigenvalue weighted by Crippen LogP contribution is -2.41. The lowest BCUT2D eigenvalue weighted by atomic mass is 9.55. The second-order valence-electron chi connectivity index (χ2n) is 7.65. The maximum atomic E-state index is 9.45. The predicted octanol–water partition coefficient (Wildman–Crippen LogP) is 5.73. The van der Waals surface area contributed by atoms with Gasteiger partial charge in [-0.3, -0.25) is 0 Å². The molecule has 0 aliphatic heterocycles. The quantitative estimate of drug-likeness (QED) is 0.388. The average Bonchev–Trinajstić information content (AvgIpc) is 2.90. The minimum absolute atomic E-state index is 0.181. The van der Waals surface area contributed by atoms with Crippen LogP contribution in [0.15, 0.2) is 36.3 Å². The summed E-state index contributed by atoms with van der Waals surface area (Å²) in [4.78, 5) is 0. The van der Waals surface area contributed by atoms with E-state index in [0.29, 0.717) is 11.3 Å². The lowest BCUT2D eigenvalue weighted by molar-refractivity contribution is 0.0214. The number of aliphatic hydroxyl groups is 1. The Labute approximate surface area is 142 Å². The third-order valence-corrected chi connectivity index (χ3v) is 6.73. The van der Waals surface area contributed by atoms with Crippen LogP contribution in [0.25, 0.3) is 0 Å². The zero-order valence-corrected chi connectivity index (χ0v) is 15.2. The molecule has 0 radical (unpaired) electrons. The van der Waals surface area contributed by atoms with Gasteiger partial charge in [-0.15, -0.1) is 0 Å². The van der Waals surface area contributed by atoms with Crippen molar-refractivity contribution in [1.82, 2.24) is 0 Å². The van der Waals surface area contributed by atoms with Crippen LogP contribution in [0.5, 0.6) is 0 Å². The first-order chi connectivity index (χ1) is 11.0. The van der Waals surface area contributed by atoms with Gasteiger partial charge in [0, 0.05) is 6.20 Å². The zero-order valence-electron chi connectivity index (χ0n) is 15.2. The standard InChI is InChI=1S/C19H29NO.C2H6/c1-13-3-8-18-17-7-5-14(4-6-16(21)12-20)11-15(17)9-10-19(13,18)2;1-2/h4,6,12,14-15,17-18,21H,1,3,5,7-11,20H2,2H3;1-2H3/b6-4?,16-12+;. The molecule has 23 heavy (non-hydrogen) atoms. The Kier molecular flexibility index (Phi) is 6.00. The summed E-state index contributed by atoms with van der Waals surface area (Å²) in [6, 6.07) is 0. The first-order valence-corrected chi connectivity index (χ1v) is 9.52. The molecule has 0 heterocycles. The first-order valence-electron chi connectivity index (χ1n) is 9.52. The van der Waals surface area contributed by atoms with Crippen LogP contribution >= 0.6 is 0 Å². The van der Waals surface area contributed by atoms with Gasteiger partial charge in [0.25, 0.3) is 0 Å². The number of allylic oxidation sites excluding steroid dienone is 3. The molecule has 3 N–H and O–H groups in total. The van der Waals surface area contributed by atoms with Crippen LogP contribution in [-0.4, -0.2) is 5.11 Å². The molecule has 5 atom stereocenters. The molecule has 2 heteroatoms. The van der Waals surface area contributed by atoms with E-state index < -0.39 is 0 Å². The highest BCUT2D eigenvalue weighted by Crippen LogP contribution is 2.61. The molecule has 0 amide bonds. The molecule has 2 nitrogen and oxygen atoms in total. The van der Waals surface area contributed by atoms with Gasteiger partial charge >= 0.3 is 0 Å². The Bertz CT molecular complexity index is 478. The number of hydrogen-bond acceptors (Lipinski definition) is 2. The van der Waals surface area contributed by atoms with Gasteiger partial charge in [-0.05, 0) is 80.1 Å². The van der Waals surface area contributed by atoms with Crippen molar-refractivity contribution in [1.29, 1.82) is 0 Å². The van der Waals surface area contributed by atoms with E-state index >= 15 is 0 Å². The van der Waals surface area contributed by atoms with Gasteiger partial charge in [0.2, 0.25) is 0 Å². The average molecular weight is 318 g/mol. The molecule has 3 saturated carbocycles. The van der Waals surface area contributed by atoms with Crippen LogP contribution in [0, 0.1) is 29.1 Å². The molecule has 0 aromatic heterocycles. The molecule has 5 unspecified atom stereocenters. The third-order valence-electron chi connectivity index (χ3n) is 6.73. The number of nitrogens with two attached hydrogens (primary N) is 1. The van der Waals surface area contributed by atoms with Crippen LogP contribution in [0.1, 0.15) is 65.7 Å². The first kappa shape index (κ1) is 18.2. The van der Waals surface area contributed by atoms with Crippen LogP contribution in [0.4, 0.5) is 0 Å². The number of fused-ring (bicyclic) bond motifs is 3. The van der Waals surface area contributed by atoms with Gasteiger partial charge in [0.05, 0.1) is 0 Å². The van der Waals surface area contributed by atoms with Gasteiger partial charge < -0.3 is 10.8 Å². The summed E-state index contributed by atoms with van der Waals surface area (Å²) >= 11 is 0. The van der Waals surface area contributed by atoms with Gasteiger partial charge in [-0.25, -0.2) is 0 Å². The van der Waals surface area contributed by atoms with Crippen LogP contribution < -0.4 is 5.73 Å². The molecule has 3 aliphatic rings. The molecule has 0 bridgehead atoms. The lowest BCUT2D eigenvalue weighted by Gasteiger charge is -2.50. The largest absolute Gasteiger partial charge is 0.506 e. The minimum Gasteiger partial charge on any atom is -0.506 e. The fraction of sp³-hybridized carbons (Fsp3) is 0.714. The summed E-state index contributed by atoms with van der Waals surface area (Å²) in [7, 11) is 0. The smallest absolute Gasteiger partial charge is 0.130 e. The molecule has 0 spiro atoms. The highest BCUT2D eigenvalue weighted by Gasteiger charge is 2.51. The van der Waals surface area contributed by atoms with E-state index in [1.807, 2.05) is 13.8 Å². The molecule has 3 fully saturated rings.